The number of sulfonamides is 1. The highest BCUT2D eigenvalue weighted by atomic mass is 32.2. The van der Waals surface area contributed by atoms with E-state index in [9.17, 15) is 18.0 Å². The first-order valence-corrected chi connectivity index (χ1v) is 11.0. The molecular formula is C20H24N2O6S. The number of carbonyl (C=O) groups is 2. The Kier molecular flexibility index (Phi) is 5.81. The second kappa shape index (κ2) is 8.00. The van der Waals surface area contributed by atoms with Crippen molar-refractivity contribution in [3.63, 3.8) is 0 Å². The monoisotopic (exact) mass is 420 g/mol. The Morgan fingerprint density at radius 3 is 2.45 bits per heavy atom. The van der Waals surface area contributed by atoms with Crippen molar-refractivity contribution in [1.82, 2.24) is 10.0 Å². The van der Waals surface area contributed by atoms with Gasteiger partial charge < -0.3 is 14.8 Å². The van der Waals surface area contributed by atoms with E-state index in [4.69, 9.17) is 9.47 Å². The molecule has 0 spiro atoms. The van der Waals surface area contributed by atoms with Gasteiger partial charge in [0, 0.05) is 12.1 Å². The lowest BCUT2D eigenvalue weighted by Crippen LogP contribution is -2.56. The first-order valence-electron chi connectivity index (χ1n) is 9.11. The van der Waals surface area contributed by atoms with Crippen molar-refractivity contribution in [2.24, 2.45) is 0 Å². The molecule has 2 aliphatic rings. The molecule has 0 saturated carbocycles. The number of nitrogens with one attached hydrogen (secondary N) is 2. The van der Waals surface area contributed by atoms with Crippen LogP contribution >= 0.6 is 0 Å². The van der Waals surface area contributed by atoms with E-state index in [0.717, 1.165) is 23.8 Å². The van der Waals surface area contributed by atoms with Gasteiger partial charge in [0.05, 0.1) is 32.1 Å². The second-order valence-corrected chi connectivity index (χ2v) is 8.94. The van der Waals surface area contributed by atoms with Gasteiger partial charge in [-0.3, -0.25) is 0 Å². The Morgan fingerprint density at radius 2 is 1.86 bits per heavy atom. The molecule has 1 aromatic rings. The van der Waals surface area contributed by atoms with Crippen molar-refractivity contribution in [1.29, 1.82) is 0 Å². The van der Waals surface area contributed by atoms with Crippen LogP contribution in [-0.2, 0) is 29.1 Å². The first-order chi connectivity index (χ1) is 13.7. The minimum absolute atomic E-state index is 0.0171. The Labute approximate surface area is 170 Å². The third-order valence-corrected chi connectivity index (χ3v) is 5.82. The molecule has 1 aromatic carbocycles. The molecule has 9 heteroatoms. The van der Waals surface area contributed by atoms with Gasteiger partial charge in [0.2, 0.25) is 10.0 Å². The molecule has 0 radical (unpaired) electrons. The van der Waals surface area contributed by atoms with Gasteiger partial charge in [0.1, 0.15) is 0 Å². The fraction of sp³-hybridized carbons (Fsp3) is 0.400. The predicted octanol–water partition coefficient (Wildman–Crippen LogP) is 1.33. The molecule has 1 aliphatic heterocycles. The van der Waals surface area contributed by atoms with Gasteiger partial charge >= 0.3 is 11.9 Å². The number of carbonyl (C=O) groups excluding carboxylic acids is 2. The summed E-state index contributed by atoms with van der Waals surface area (Å²) in [7, 11) is -1.37. The zero-order chi connectivity index (χ0) is 21.2. The first kappa shape index (κ1) is 21.1. The lowest BCUT2D eigenvalue weighted by atomic mass is 9.78. The van der Waals surface area contributed by atoms with Gasteiger partial charge in [-0.2, -0.15) is 4.72 Å². The van der Waals surface area contributed by atoms with Gasteiger partial charge in [-0.1, -0.05) is 30.3 Å². The summed E-state index contributed by atoms with van der Waals surface area (Å²) in [4.78, 5) is 25.1. The molecule has 0 amide bonds. The molecule has 0 fully saturated rings. The minimum atomic E-state index is -3.78. The molecule has 0 saturated heterocycles. The average molecular weight is 420 g/mol. The quantitative estimate of drug-likeness (QED) is 0.692. The van der Waals surface area contributed by atoms with E-state index in [0.29, 0.717) is 12.1 Å². The predicted molar refractivity (Wildman–Crippen MR) is 106 cm³/mol. The van der Waals surface area contributed by atoms with Crippen LogP contribution in [-0.4, -0.2) is 46.4 Å². The van der Waals surface area contributed by atoms with Crippen LogP contribution in [0, 0.1) is 0 Å². The molecule has 2 N–H and O–H groups in total. The summed E-state index contributed by atoms with van der Waals surface area (Å²) in [6.07, 6.45) is 3.63. The van der Waals surface area contributed by atoms with Crippen LogP contribution in [0.5, 0.6) is 0 Å². The highest BCUT2D eigenvalue weighted by Crippen LogP contribution is 2.40. The smallest absolute Gasteiger partial charge is 0.339 e. The summed E-state index contributed by atoms with van der Waals surface area (Å²) < 4.78 is 36.1. The van der Waals surface area contributed by atoms with E-state index in [-0.39, 0.29) is 18.0 Å². The zero-order valence-electron chi connectivity index (χ0n) is 16.5. The molecule has 3 rings (SSSR count). The molecular weight excluding hydrogens is 396 g/mol. The maximum absolute atomic E-state index is 12.6. The van der Waals surface area contributed by atoms with Gasteiger partial charge in [0.25, 0.3) is 0 Å². The number of esters is 2. The van der Waals surface area contributed by atoms with Crippen LogP contribution in [0.3, 0.4) is 0 Å². The maximum Gasteiger partial charge on any atom is 0.339 e. The summed E-state index contributed by atoms with van der Waals surface area (Å²) in [6, 6.07) is 9.79. The van der Waals surface area contributed by atoms with Gasteiger partial charge in [-0.15, -0.1) is 0 Å². The number of benzene rings is 1. The fourth-order valence-electron chi connectivity index (χ4n) is 3.90. The van der Waals surface area contributed by atoms with Crippen molar-refractivity contribution in [2.45, 2.75) is 30.8 Å². The number of hydrogen-bond acceptors (Lipinski definition) is 7. The standard InChI is InChI=1S/C20H24N2O6S/c1-27-18(23)15-12-20(19(24)28-2,22-29(3,25)26)11-14-9-10-16(21-17(14)15)13-7-5-4-6-8-13/h4-8,12,16,21-22H,9-11H2,1-3H3. The summed E-state index contributed by atoms with van der Waals surface area (Å²) in [5.41, 5.74) is 0.818. The third-order valence-electron chi connectivity index (χ3n) is 5.08. The van der Waals surface area contributed by atoms with Crippen LogP contribution in [0.4, 0.5) is 0 Å². The summed E-state index contributed by atoms with van der Waals surface area (Å²) in [5, 5.41) is 3.38. The lowest BCUT2D eigenvalue weighted by molar-refractivity contribution is -0.145. The van der Waals surface area contributed by atoms with Gasteiger partial charge in [-0.05, 0) is 30.1 Å². The van der Waals surface area contributed by atoms with Crippen molar-refractivity contribution >= 4 is 22.0 Å². The minimum Gasteiger partial charge on any atom is -0.467 e. The fourth-order valence-corrected chi connectivity index (χ4v) is 4.78. The lowest BCUT2D eigenvalue weighted by Gasteiger charge is -2.39. The van der Waals surface area contributed by atoms with Crippen molar-refractivity contribution in [3.8, 4) is 0 Å². The Morgan fingerprint density at radius 1 is 1.17 bits per heavy atom. The molecule has 1 aliphatic carbocycles. The molecule has 29 heavy (non-hydrogen) atoms. The molecule has 2 atom stereocenters. The van der Waals surface area contributed by atoms with Crippen molar-refractivity contribution < 1.29 is 27.5 Å². The molecule has 8 nitrogen and oxygen atoms in total. The zero-order valence-corrected chi connectivity index (χ0v) is 17.3. The summed E-state index contributed by atoms with van der Waals surface area (Å²) >= 11 is 0. The van der Waals surface area contributed by atoms with Crippen LogP contribution in [0.15, 0.2) is 53.3 Å². The highest BCUT2D eigenvalue weighted by Gasteiger charge is 2.47. The molecule has 0 bridgehead atoms. The van der Waals surface area contributed by atoms with Crippen LogP contribution in [0.1, 0.15) is 30.9 Å². The summed E-state index contributed by atoms with van der Waals surface area (Å²) in [5.74, 6) is -1.46. The van der Waals surface area contributed by atoms with E-state index >= 15 is 0 Å². The molecule has 2 unspecified atom stereocenters. The normalized spacial score (nSPS) is 24.1. The van der Waals surface area contributed by atoms with Crippen LogP contribution in [0.25, 0.3) is 0 Å². The second-order valence-electron chi connectivity index (χ2n) is 7.19. The Balaban J connectivity index is 2.06. The largest absolute Gasteiger partial charge is 0.467 e. The molecule has 1 heterocycles. The van der Waals surface area contributed by atoms with Crippen molar-refractivity contribution in [3.05, 3.63) is 58.8 Å². The number of rotatable bonds is 5. The van der Waals surface area contributed by atoms with Gasteiger partial charge in [0.15, 0.2) is 5.54 Å². The molecule has 0 aromatic heterocycles. The Hall–Kier alpha value is -2.65. The summed E-state index contributed by atoms with van der Waals surface area (Å²) in [6.45, 7) is 0. The van der Waals surface area contributed by atoms with E-state index in [1.807, 2.05) is 30.3 Å². The number of ether oxygens (including phenoxy) is 2. The van der Waals surface area contributed by atoms with Gasteiger partial charge in [-0.25, -0.2) is 18.0 Å². The highest BCUT2D eigenvalue weighted by molar-refractivity contribution is 7.88. The number of hydrogen-bond donors (Lipinski definition) is 2. The average Bonchev–Trinajstić information content (AvgIpc) is 2.71. The van der Waals surface area contributed by atoms with Crippen molar-refractivity contribution in [2.75, 3.05) is 20.5 Å². The topological polar surface area (TPSA) is 111 Å². The van der Waals surface area contributed by atoms with Crippen LogP contribution < -0.4 is 10.0 Å². The SMILES string of the molecule is COC(=O)C1=CC(NS(C)(=O)=O)(C(=O)OC)CC2=C1NC(c1ccccc1)CC2. The number of methoxy groups -OCH3 is 2. The van der Waals surface area contributed by atoms with E-state index in [1.165, 1.54) is 20.3 Å². The van der Waals surface area contributed by atoms with E-state index < -0.39 is 27.5 Å². The van der Waals surface area contributed by atoms with Crippen LogP contribution in [0.2, 0.25) is 0 Å². The third kappa shape index (κ3) is 4.35. The molecule has 156 valence electrons. The maximum atomic E-state index is 12.6. The Bertz CT molecular complexity index is 983. The van der Waals surface area contributed by atoms with E-state index in [1.54, 1.807) is 0 Å². The van der Waals surface area contributed by atoms with E-state index in [2.05, 4.69) is 10.0 Å².